The van der Waals surface area contributed by atoms with Crippen molar-refractivity contribution in [3.8, 4) is 5.75 Å². The van der Waals surface area contributed by atoms with Crippen LogP contribution in [0, 0.1) is 0 Å². The topological polar surface area (TPSA) is 22.1 Å². The van der Waals surface area contributed by atoms with Crippen molar-refractivity contribution in [1.82, 2.24) is 4.98 Å². The third kappa shape index (κ3) is 1.68. The molecule has 0 bridgehead atoms. The average Bonchev–Trinajstić information content (AvgIpc) is 1.85. The number of hydrogen-bond acceptors (Lipinski definition) is 2. The van der Waals surface area contributed by atoms with Crippen molar-refractivity contribution >= 4 is 15.9 Å². The maximum absolute atomic E-state index is 6.79. The summed E-state index contributed by atoms with van der Waals surface area (Å²) >= 11 is 3.19. The van der Waals surface area contributed by atoms with E-state index in [-0.39, 0.29) is 0 Å². The fourth-order valence-corrected chi connectivity index (χ4v) is 0.801. The van der Waals surface area contributed by atoms with Crippen LogP contribution in [-0.4, -0.2) is 12.0 Å². The standard InChI is InChI=1S/C6H6BrNO/c1-9-6-2-5(7)3-8-4-6/h2-4H,1H3/i1D2. The molecule has 1 aromatic heterocycles. The lowest BCUT2D eigenvalue weighted by atomic mass is 10.5. The first-order chi connectivity index (χ1) is 5.18. The van der Waals surface area contributed by atoms with E-state index in [1.807, 2.05) is 0 Å². The fourth-order valence-electron chi connectivity index (χ4n) is 0.457. The molecule has 1 rings (SSSR count). The summed E-state index contributed by atoms with van der Waals surface area (Å²) < 4.78 is 19.1. The molecule has 0 spiro atoms. The fraction of sp³-hybridized carbons (Fsp3) is 0.167. The highest BCUT2D eigenvalue weighted by atomic mass is 79.9. The Labute approximate surface area is 64.8 Å². The lowest BCUT2D eigenvalue weighted by Gasteiger charge is -1.96. The molecule has 9 heavy (non-hydrogen) atoms. The first-order valence-electron chi connectivity index (χ1n) is 3.45. The van der Waals surface area contributed by atoms with Gasteiger partial charge in [0.2, 0.25) is 0 Å². The average molecular weight is 190 g/mol. The summed E-state index contributed by atoms with van der Waals surface area (Å²) in [6.45, 7) is 0. The molecule has 1 heterocycles. The summed E-state index contributed by atoms with van der Waals surface area (Å²) in [5.74, 6) is 0.425. The van der Waals surface area contributed by atoms with Crippen LogP contribution in [0.1, 0.15) is 2.74 Å². The zero-order valence-electron chi connectivity index (χ0n) is 6.54. The van der Waals surface area contributed by atoms with E-state index < -0.39 is 7.06 Å². The Morgan fingerprint density at radius 2 is 2.67 bits per heavy atom. The van der Waals surface area contributed by atoms with Gasteiger partial charge in [-0.05, 0) is 22.0 Å². The summed E-state index contributed by atoms with van der Waals surface area (Å²) in [7, 11) is -1.30. The van der Waals surface area contributed by atoms with Gasteiger partial charge in [0.25, 0.3) is 0 Å². The van der Waals surface area contributed by atoms with E-state index in [2.05, 4.69) is 20.9 Å². The van der Waals surface area contributed by atoms with Gasteiger partial charge >= 0.3 is 0 Å². The molecule has 0 aromatic carbocycles. The van der Waals surface area contributed by atoms with Crippen LogP contribution < -0.4 is 4.74 Å². The van der Waals surface area contributed by atoms with Gasteiger partial charge in [0.15, 0.2) is 0 Å². The first-order valence-corrected chi connectivity index (χ1v) is 3.09. The third-order valence-corrected chi connectivity index (χ3v) is 1.25. The zero-order chi connectivity index (χ0) is 8.27. The van der Waals surface area contributed by atoms with E-state index in [0.29, 0.717) is 5.75 Å². The Bertz CT molecular complexity index is 244. The second-order valence-corrected chi connectivity index (χ2v) is 2.37. The third-order valence-electron chi connectivity index (χ3n) is 0.816. The van der Waals surface area contributed by atoms with Crippen LogP contribution >= 0.6 is 15.9 Å². The summed E-state index contributed by atoms with van der Waals surface area (Å²) in [6, 6.07) is 1.66. The van der Waals surface area contributed by atoms with E-state index in [1.165, 1.54) is 6.20 Å². The van der Waals surface area contributed by atoms with Crippen molar-refractivity contribution in [3.63, 3.8) is 0 Å². The highest BCUT2D eigenvalue weighted by molar-refractivity contribution is 9.10. The van der Waals surface area contributed by atoms with Gasteiger partial charge in [-0.2, -0.15) is 0 Å². The predicted molar refractivity (Wildman–Crippen MR) is 38.5 cm³/mol. The Balaban J connectivity index is 2.71. The molecule has 0 amide bonds. The number of aromatic nitrogens is 1. The van der Waals surface area contributed by atoms with Gasteiger partial charge in [0.1, 0.15) is 5.75 Å². The van der Waals surface area contributed by atoms with E-state index in [4.69, 9.17) is 7.48 Å². The van der Waals surface area contributed by atoms with E-state index >= 15 is 0 Å². The quantitative estimate of drug-likeness (QED) is 0.674. The Hall–Kier alpha value is -0.570. The molecule has 48 valence electrons. The van der Waals surface area contributed by atoms with Gasteiger partial charge in [-0.1, -0.05) is 0 Å². The van der Waals surface area contributed by atoms with Crippen LogP contribution in [0.3, 0.4) is 0 Å². The normalized spacial score (nSPS) is 12.7. The molecule has 0 radical (unpaired) electrons. The van der Waals surface area contributed by atoms with E-state index in [0.717, 1.165) is 4.47 Å². The molecule has 2 nitrogen and oxygen atoms in total. The molecule has 0 atom stereocenters. The van der Waals surface area contributed by atoms with Crippen LogP contribution in [0.4, 0.5) is 0 Å². The van der Waals surface area contributed by atoms with Gasteiger partial charge < -0.3 is 4.74 Å². The van der Waals surface area contributed by atoms with Crippen molar-refractivity contribution in [2.45, 2.75) is 0 Å². The van der Waals surface area contributed by atoms with Gasteiger partial charge in [-0.3, -0.25) is 4.98 Å². The smallest absolute Gasteiger partial charge is 0.138 e. The first kappa shape index (κ1) is 4.28. The van der Waals surface area contributed by atoms with Crippen molar-refractivity contribution in [3.05, 3.63) is 22.9 Å². The molecule has 3 heteroatoms. The zero-order valence-corrected chi connectivity index (χ0v) is 6.13. The minimum absolute atomic E-state index is 0.425. The van der Waals surface area contributed by atoms with Crippen molar-refractivity contribution < 1.29 is 7.48 Å². The number of ether oxygens (including phenoxy) is 1. The number of nitrogens with zero attached hydrogens (tertiary/aromatic N) is 1. The largest absolute Gasteiger partial charge is 0.495 e. The van der Waals surface area contributed by atoms with E-state index in [1.54, 1.807) is 12.3 Å². The molecule has 0 saturated heterocycles. The minimum Gasteiger partial charge on any atom is -0.495 e. The molecule has 0 aliphatic heterocycles. The maximum Gasteiger partial charge on any atom is 0.138 e. The van der Waals surface area contributed by atoms with Gasteiger partial charge in [-0.25, -0.2) is 0 Å². The molecule has 0 saturated carbocycles. The summed E-state index contributed by atoms with van der Waals surface area (Å²) in [5.41, 5.74) is 0. The molecule has 1 aromatic rings. The molecular weight excluding hydrogens is 182 g/mol. The second-order valence-electron chi connectivity index (χ2n) is 1.46. The highest BCUT2D eigenvalue weighted by Crippen LogP contribution is 2.14. The molecule has 0 fully saturated rings. The second kappa shape index (κ2) is 2.82. The Morgan fingerprint density at radius 3 is 3.33 bits per heavy atom. The molecule has 0 aliphatic rings. The molecule has 0 aliphatic carbocycles. The van der Waals surface area contributed by atoms with Crippen molar-refractivity contribution in [2.24, 2.45) is 0 Å². The molecular formula is C6H6BrNO. The number of halogens is 1. The predicted octanol–water partition coefficient (Wildman–Crippen LogP) is 1.85. The molecule has 0 unspecified atom stereocenters. The SMILES string of the molecule is [2H]C([2H])Oc1cncc(Br)c1. The Kier molecular flexibility index (Phi) is 1.34. The molecule has 0 N–H and O–H groups in total. The number of methoxy groups -OCH3 is 1. The van der Waals surface area contributed by atoms with Crippen LogP contribution in [-0.2, 0) is 0 Å². The van der Waals surface area contributed by atoms with Gasteiger partial charge in [0, 0.05) is 10.7 Å². The van der Waals surface area contributed by atoms with Crippen LogP contribution in [0.15, 0.2) is 22.9 Å². The van der Waals surface area contributed by atoms with Crippen molar-refractivity contribution in [2.75, 3.05) is 7.06 Å². The number of pyridine rings is 1. The van der Waals surface area contributed by atoms with E-state index in [9.17, 15) is 0 Å². The van der Waals surface area contributed by atoms with Gasteiger partial charge in [-0.15, -0.1) is 0 Å². The van der Waals surface area contributed by atoms with Crippen LogP contribution in [0.5, 0.6) is 5.75 Å². The summed E-state index contributed by atoms with van der Waals surface area (Å²) in [4.78, 5) is 3.80. The van der Waals surface area contributed by atoms with Crippen LogP contribution in [0.2, 0.25) is 0 Å². The summed E-state index contributed by atoms with van der Waals surface area (Å²) in [5, 5.41) is 0. The number of rotatable bonds is 1. The minimum atomic E-state index is -1.30. The van der Waals surface area contributed by atoms with Crippen LogP contribution in [0.25, 0.3) is 0 Å². The Morgan fingerprint density at radius 1 is 1.78 bits per heavy atom. The monoisotopic (exact) mass is 189 g/mol. The maximum atomic E-state index is 6.79. The number of hydrogen-bond donors (Lipinski definition) is 0. The lowest BCUT2D eigenvalue weighted by Crippen LogP contribution is -1.82. The van der Waals surface area contributed by atoms with Gasteiger partial charge in [0.05, 0.1) is 16.0 Å². The highest BCUT2D eigenvalue weighted by Gasteiger charge is 1.89. The van der Waals surface area contributed by atoms with Crippen molar-refractivity contribution in [1.29, 1.82) is 0 Å². The lowest BCUT2D eigenvalue weighted by molar-refractivity contribution is 0.412. The summed E-state index contributed by atoms with van der Waals surface area (Å²) in [6.07, 6.45) is 3.07.